The molecule has 0 atom stereocenters. The second-order valence-electron chi connectivity index (χ2n) is 6.91. The summed E-state index contributed by atoms with van der Waals surface area (Å²) in [7, 11) is -3.34. The van der Waals surface area contributed by atoms with Gasteiger partial charge in [-0.1, -0.05) is 27.2 Å². The predicted octanol–water partition coefficient (Wildman–Crippen LogP) is 4.34. The van der Waals surface area contributed by atoms with Crippen LogP contribution in [-0.4, -0.2) is 30.8 Å². The summed E-state index contributed by atoms with van der Waals surface area (Å²) in [6, 6.07) is 1.78. The average molecular weight is 371 g/mol. The molecule has 126 valence electrons. The van der Waals surface area contributed by atoms with E-state index in [1.807, 2.05) is 5.38 Å². The van der Waals surface area contributed by atoms with Gasteiger partial charge in [-0.05, 0) is 18.9 Å². The maximum absolute atomic E-state index is 12.7. The van der Waals surface area contributed by atoms with E-state index in [0.717, 1.165) is 35.5 Å². The van der Waals surface area contributed by atoms with Gasteiger partial charge in [0.1, 0.15) is 9.22 Å². The second kappa shape index (κ2) is 6.27. The summed E-state index contributed by atoms with van der Waals surface area (Å²) in [6.45, 7) is 7.67. The van der Waals surface area contributed by atoms with E-state index < -0.39 is 10.0 Å². The van der Waals surface area contributed by atoms with Gasteiger partial charge in [0.05, 0.1) is 5.69 Å². The van der Waals surface area contributed by atoms with Crippen molar-refractivity contribution in [2.24, 2.45) is 0 Å². The van der Waals surface area contributed by atoms with E-state index >= 15 is 0 Å². The van der Waals surface area contributed by atoms with Crippen LogP contribution in [0.3, 0.4) is 0 Å². The Labute approximate surface area is 146 Å². The smallest absolute Gasteiger partial charge is 0.241 e. The molecule has 4 nitrogen and oxygen atoms in total. The molecule has 3 heterocycles. The number of nitrogens with zero attached hydrogens (tertiary/aromatic N) is 2. The summed E-state index contributed by atoms with van der Waals surface area (Å²) in [5.41, 5.74) is 1.96. The number of sulfonamides is 1. The topological polar surface area (TPSA) is 50.3 Å². The summed E-state index contributed by atoms with van der Waals surface area (Å²) in [5.74, 6) is 0. The van der Waals surface area contributed by atoms with E-state index in [1.54, 1.807) is 21.7 Å². The molecule has 1 aliphatic rings. The Morgan fingerprint density at radius 2 is 1.78 bits per heavy atom. The zero-order valence-corrected chi connectivity index (χ0v) is 16.2. The number of piperidine rings is 1. The fourth-order valence-corrected chi connectivity index (χ4v) is 6.49. The lowest BCUT2D eigenvalue weighted by atomic mass is 9.93. The van der Waals surface area contributed by atoms with Crippen LogP contribution in [0, 0.1) is 0 Å². The van der Waals surface area contributed by atoms with E-state index in [0.29, 0.717) is 17.3 Å². The molecule has 2 aromatic rings. The van der Waals surface area contributed by atoms with Crippen molar-refractivity contribution in [2.45, 2.75) is 49.7 Å². The van der Waals surface area contributed by atoms with Gasteiger partial charge in [0.15, 0.2) is 0 Å². The first kappa shape index (κ1) is 17.1. The van der Waals surface area contributed by atoms with Crippen molar-refractivity contribution in [1.29, 1.82) is 0 Å². The first-order chi connectivity index (χ1) is 10.8. The van der Waals surface area contributed by atoms with Crippen LogP contribution in [-0.2, 0) is 15.4 Å². The fraction of sp³-hybridized carbons (Fsp3) is 0.562. The van der Waals surface area contributed by atoms with Gasteiger partial charge in [0, 0.05) is 34.8 Å². The summed E-state index contributed by atoms with van der Waals surface area (Å²) in [4.78, 5) is 4.68. The van der Waals surface area contributed by atoms with E-state index in [9.17, 15) is 8.42 Å². The highest BCUT2D eigenvalue weighted by Crippen LogP contribution is 2.34. The molecule has 0 bridgehead atoms. The molecule has 1 aliphatic heterocycles. The molecule has 0 radical (unpaired) electrons. The normalized spacial score (nSPS) is 17.5. The average Bonchev–Trinajstić information content (AvgIpc) is 3.16. The van der Waals surface area contributed by atoms with Gasteiger partial charge >= 0.3 is 0 Å². The highest BCUT2D eigenvalue weighted by atomic mass is 32.2. The van der Waals surface area contributed by atoms with Crippen molar-refractivity contribution in [1.82, 2.24) is 9.29 Å². The van der Waals surface area contributed by atoms with Gasteiger partial charge in [-0.15, -0.1) is 22.7 Å². The van der Waals surface area contributed by atoms with Gasteiger partial charge in [-0.2, -0.15) is 4.31 Å². The summed E-state index contributed by atoms with van der Waals surface area (Å²) < 4.78 is 27.5. The standard InChI is InChI=1S/C16H22N2O2S3/c1-16(2,3)13-11-22-15(17-13)12-9-14(21-10-12)23(19,20)18-7-5-4-6-8-18/h9-11H,4-8H2,1-3H3. The number of hydrogen-bond acceptors (Lipinski definition) is 5. The Morgan fingerprint density at radius 1 is 1.09 bits per heavy atom. The molecular weight excluding hydrogens is 348 g/mol. The quantitative estimate of drug-likeness (QED) is 0.807. The SMILES string of the molecule is CC(C)(C)c1csc(-c2csc(S(=O)(=O)N3CCCCC3)c2)n1. The zero-order valence-electron chi connectivity index (χ0n) is 13.7. The van der Waals surface area contributed by atoms with Crippen LogP contribution in [0.15, 0.2) is 21.0 Å². The lowest BCUT2D eigenvalue weighted by molar-refractivity contribution is 0.347. The minimum atomic E-state index is -3.34. The number of aromatic nitrogens is 1. The van der Waals surface area contributed by atoms with Gasteiger partial charge in [0.2, 0.25) is 0 Å². The van der Waals surface area contributed by atoms with Crippen LogP contribution in [0.1, 0.15) is 45.7 Å². The van der Waals surface area contributed by atoms with Crippen LogP contribution in [0.5, 0.6) is 0 Å². The number of thiazole rings is 1. The van der Waals surface area contributed by atoms with Crippen LogP contribution in [0.25, 0.3) is 10.6 Å². The minimum absolute atomic E-state index is 0.00742. The van der Waals surface area contributed by atoms with Crippen molar-refractivity contribution in [2.75, 3.05) is 13.1 Å². The van der Waals surface area contributed by atoms with Crippen molar-refractivity contribution in [3.8, 4) is 10.6 Å². The Bertz CT molecular complexity index is 778. The molecule has 1 saturated heterocycles. The third kappa shape index (κ3) is 3.52. The molecule has 1 fully saturated rings. The molecule has 23 heavy (non-hydrogen) atoms. The fourth-order valence-electron chi connectivity index (χ4n) is 2.55. The molecule has 0 amide bonds. The van der Waals surface area contributed by atoms with Gasteiger partial charge in [0.25, 0.3) is 10.0 Å². The Morgan fingerprint density at radius 3 is 2.39 bits per heavy atom. The monoisotopic (exact) mass is 370 g/mol. The molecule has 0 aliphatic carbocycles. The number of hydrogen-bond donors (Lipinski definition) is 0. The van der Waals surface area contributed by atoms with Gasteiger partial charge in [-0.3, -0.25) is 0 Å². The number of rotatable bonds is 3. The predicted molar refractivity (Wildman–Crippen MR) is 96.7 cm³/mol. The van der Waals surface area contributed by atoms with Crippen LogP contribution >= 0.6 is 22.7 Å². The van der Waals surface area contributed by atoms with Crippen LogP contribution in [0.2, 0.25) is 0 Å². The summed E-state index contributed by atoms with van der Waals surface area (Å²) in [6.07, 6.45) is 3.04. The molecule has 0 aromatic carbocycles. The zero-order chi connectivity index (χ0) is 16.7. The van der Waals surface area contributed by atoms with E-state index in [4.69, 9.17) is 0 Å². The van der Waals surface area contributed by atoms with Crippen molar-refractivity contribution >= 4 is 32.7 Å². The van der Waals surface area contributed by atoms with Crippen molar-refractivity contribution in [3.63, 3.8) is 0 Å². The Hall–Kier alpha value is -0.760. The lowest BCUT2D eigenvalue weighted by Gasteiger charge is -2.25. The third-order valence-electron chi connectivity index (χ3n) is 4.00. The molecule has 0 spiro atoms. The van der Waals surface area contributed by atoms with Gasteiger partial charge < -0.3 is 0 Å². The Kier molecular flexibility index (Phi) is 4.66. The van der Waals surface area contributed by atoms with E-state index in [-0.39, 0.29) is 5.41 Å². The molecule has 2 aromatic heterocycles. The molecule has 7 heteroatoms. The molecule has 0 saturated carbocycles. The lowest BCUT2D eigenvalue weighted by Crippen LogP contribution is -2.35. The maximum Gasteiger partial charge on any atom is 0.252 e. The van der Waals surface area contributed by atoms with Crippen molar-refractivity contribution < 1.29 is 8.42 Å². The van der Waals surface area contributed by atoms with Gasteiger partial charge in [-0.25, -0.2) is 13.4 Å². The van der Waals surface area contributed by atoms with Crippen molar-refractivity contribution in [3.05, 3.63) is 22.5 Å². The third-order valence-corrected chi connectivity index (χ3v) is 8.21. The van der Waals surface area contributed by atoms with Crippen LogP contribution in [0.4, 0.5) is 0 Å². The Balaban J connectivity index is 1.87. The first-order valence-corrected chi connectivity index (χ1v) is 11.0. The molecule has 0 N–H and O–H groups in total. The first-order valence-electron chi connectivity index (χ1n) is 7.83. The summed E-state index contributed by atoms with van der Waals surface area (Å²) >= 11 is 2.87. The highest BCUT2D eigenvalue weighted by molar-refractivity contribution is 7.91. The molecular formula is C16H22N2O2S3. The number of thiophene rings is 1. The molecule has 3 rings (SSSR count). The largest absolute Gasteiger partial charge is 0.252 e. The van der Waals surface area contributed by atoms with E-state index in [1.165, 1.54) is 11.3 Å². The maximum atomic E-state index is 12.7. The summed E-state index contributed by atoms with van der Waals surface area (Å²) in [5, 5.41) is 4.86. The minimum Gasteiger partial charge on any atom is -0.241 e. The second-order valence-corrected chi connectivity index (χ2v) is 10.8. The molecule has 0 unspecified atom stereocenters. The highest BCUT2D eigenvalue weighted by Gasteiger charge is 2.28. The van der Waals surface area contributed by atoms with Crippen LogP contribution < -0.4 is 0 Å². The van der Waals surface area contributed by atoms with E-state index in [2.05, 4.69) is 31.1 Å².